The first kappa shape index (κ1) is 20.3. The van der Waals surface area contributed by atoms with Crippen molar-refractivity contribution < 1.29 is 9.59 Å². The molecule has 0 spiro atoms. The Morgan fingerprint density at radius 3 is 2.30 bits per heavy atom. The minimum atomic E-state index is -0.532. The summed E-state index contributed by atoms with van der Waals surface area (Å²) in [6.07, 6.45) is 1.85. The molecule has 27 heavy (non-hydrogen) atoms. The molecule has 9 heteroatoms. The largest absolute Gasteiger partial charge is 0.372 e. The lowest BCUT2D eigenvalue weighted by atomic mass is 10.1. The van der Waals surface area contributed by atoms with Crippen molar-refractivity contribution in [2.75, 3.05) is 12.4 Å². The lowest BCUT2D eigenvalue weighted by molar-refractivity contribution is -0.106. The Bertz CT molecular complexity index is 955. The highest BCUT2D eigenvalue weighted by atomic mass is 35.5. The van der Waals surface area contributed by atoms with Gasteiger partial charge < -0.3 is 16.8 Å². The summed E-state index contributed by atoms with van der Waals surface area (Å²) in [5.41, 5.74) is 12.5. The molecule has 2 aromatic carbocycles. The number of hydrogen-bond donors (Lipinski definition) is 3. The molecule has 0 radical (unpaired) electrons. The second kappa shape index (κ2) is 9.07. The summed E-state index contributed by atoms with van der Waals surface area (Å²) in [5.74, 6) is -0.0949. The normalized spacial score (nSPS) is 9.89. The first-order valence-electron chi connectivity index (χ1n) is 7.69. The van der Waals surface area contributed by atoms with Crippen molar-refractivity contribution in [1.29, 1.82) is 0 Å². The molecule has 0 unspecified atom stereocenters. The molecule has 7 nitrogen and oxygen atoms in total. The fourth-order valence-electron chi connectivity index (χ4n) is 2.39. The minimum absolute atomic E-state index is 0.250. The Labute approximate surface area is 165 Å². The van der Waals surface area contributed by atoms with Gasteiger partial charge in [0.1, 0.15) is 5.56 Å². The number of nitrogens with one attached hydrogen (secondary N) is 1. The summed E-state index contributed by atoms with van der Waals surface area (Å²) in [4.78, 5) is 20.0. The maximum atomic E-state index is 11.4. The van der Waals surface area contributed by atoms with Gasteiger partial charge in [-0.05, 0) is 29.8 Å². The topological polar surface area (TPSA) is 116 Å². The van der Waals surface area contributed by atoms with E-state index in [-0.39, 0.29) is 6.41 Å². The van der Waals surface area contributed by atoms with Crippen molar-refractivity contribution in [3.8, 4) is 16.8 Å². The van der Waals surface area contributed by atoms with Crippen molar-refractivity contribution in [3.63, 3.8) is 0 Å². The summed E-state index contributed by atoms with van der Waals surface area (Å²) < 4.78 is 1.60. The fraction of sp³-hybridized carbons (Fsp3) is 0.0556. The molecule has 0 saturated carbocycles. The molecule has 140 valence electrons. The highest BCUT2D eigenvalue weighted by Gasteiger charge is 2.13. The second-order valence-corrected chi connectivity index (χ2v) is 6.10. The number of nitrogens with zero attached hydrogens (tertiary/aromatic N) is 2. The van der Waals surface area contributed by atoms with E-state index in [0.29, 0.717) is 21.4 Å². The molecule has 0 aliphatic rings. The Morgan fingerprint density at radius 2 is 1.81 bits per heavy atom. The van der Waals surface area contributed by atoms with E-state index in [1.807, 2.05) is 30.3 Å². The van der Waals surface area contributed by atoms with E-state index >= 15 is 0 Å². The predicted octanol–water partition coefficient (Wildman–Crippen LogP) is 3.09. The number of anilines is 1. The van der Waals surface area contributed by atoms with Crippen molar-refractivity contribution in [1.82, 2.24) is 9.78 Å². The van der Waals surface area contributed by atoms with Crippen LogP contribution in [0, 0.1) is 0 Å². The third-order valence-corrected chi connectivity index (χ3v) is 4.14. The number of nitrogens with two attached hydrogens (primary N) is 2. The molecular weight excluding hydrogens is 389 g/mol. The van der Waals surface area contributed by atoms with Gasteiger partial charge in [-0.2, -0.15) is 0 Å². The molecule has 3 rings (SSSR count). The van der Waals surface area contributed by atoms with E-state index in [1.165, 1.54) is 0 Å². The monoisotopic (exact) mass is 405 g/mol. The number of halogens is 2. The van der Waals surface area contributed by atoms with Crippen LogP contribution in [0.5, 0.6) is 0 Å². The third-order valence-electron chi connectivity index (χ3n) is 3.59. The van der Waals surface area contributed by atoms with Gasteiger partial charge in [0, 0.05) is 28.9 Å². The van der Waals surface area contributed by atoms with Crippen LogP contribution in [0.3, 0.4) is 0 Å². The van der Waals surface area contributed by atoms with Crippen molar-refractivity contribution >= 4 is 41.3 Å². The molecule has 1 heterocycles. The van der Waals surface area contributed by atoms with Crippen LogP contribution in [0.15, 0.2) is 48.7 Å². The molecule has 0 aliphatic heterocycles. The summed E-state index contributed by atoms with van der Waals surface area (Å²) in [6, 6.07) is 13.0. The molecule has 1 aromatic heterocycles. The zero-order valence-electron chi connectivity index (χ0n) is 14.3. The van der Waals surface area contributed by atoms with Gasteiger partial charge in [0.25, 0.3) is 5.91 Å². The van der Waals surface area contributed by atoms with Crippen LogP contribution in [0.2, 0.25) is 10.0 Å². The van der Waals surface area contributed by atoms with Crippen molar-refractivity contribution in [3.05, 3.63) is 64.3 Å². The van der Waals surface area contributed by atoms with E-state index in [4.69, 9.17) is 33.7 Å². The highest BCUT2D eigenvalue weighted by molar-refractivity contribution is 6.36. The van der Waals surface area contributed by atoms with Crippen molar-refractivity contribution in [2.24, 2.45) is 11.5 Å². The number of amides is 2. The lowest BCUT2D eigenvalue weighted by Gasteiger charge is -2.07. The van der Waals surface area contributed by atoms with Gasteiger partial charge in [-0.15, -0.1) is 5.10 Å². The quantitative estimate of drug-likeness (QED) is 0.578. The summed E-state index contributed by atoms with van der Waals surface area (Å²) >= 11 is 12.2. The Kier molecular flexibility index (Phi) is 6.81. The Balaban J connectivity index is 0.000000817. The van der Waals surface area contributed by atoms with Crippen LogP contribution >= 0.6 is 23.2 Å². The summed E-state index contributed by atoms with van der Waals surface area (Å²) in [5, 5.41) is 8.35. The van der Waals surface area contributed by atoms with E-state index in [0.717, 1.165) is 16.8 Å². The first-order chi connectivity index (χ1) is 12.9. The van der Waals surface area contributed by atoms with Crippen LogP contribution in [0.25, 0.3) is 16.8 Å². The number of carbonyl (C=O) groups excluding carboxylic acids is 2. The third kappa shape index (κ3) is 4.78. The van der Waals surface area contributed by atoms with Gasteiger partial charge in [0.2, 0.25) is 6.41 Å². The van der Waals surface area contributed by atoms with E-state index in [1.54, 1.807) is 30.1 Å². The highest BCUT2D eigenvalue weighted by Crippen LogP contribution is 2.30. The zero-order chi connectivity index (χ0) is 20.0. The van der Waals surface area contributed by atoms with E-state index in [9.17, 15) is 4.79 Å². The van der Waals surface area contributed by atoms with Gasteiger partial charge in [-0.1, -0.05) is 41.4 Å². The van der Waals surface area contributed by atoms with Crippen LogP contribution in [-0.2, 0) is 4.79 Å². The number of hydrogen-bond acceptors (Lipinski definition) is 4. The average molecular weight is 406 g/mol. The van der Waals surface area contributed by atoms with Gasteiger partial charge in [0.05, 0.1) is 5.69 Å². The number of rotatable bonds is 4. The molecule has 0 aliphatic carbocycles. The standard InChI is InChI=1S/C17H14Cl2N4O.CH3NO/c1-21-17-14(16(20)24)9-23(22-17)12-5-2-10(3-6-12)13-7-4-11(18)8-15(13)19;2-1-3/h2-9H,1H3,(H2,20,24)(H,21,22);1H,(H2,2,3). The maximum absolute atomic E-state index is 11.4. The number of primary amides is 2. The van der Waals surface area contributed by atoms with Crippen LogP contribution < -0.4 is 16.8 Å². The van der Waals surface area contributed by atoms with Crippen LogP contribution in [0.4, 0.5) is 5.82 Å². The number of benzene rings is 2. The molecule has 2 amide bonds. The SMILES string of the molecule is CNc1nn(-c2ccc(-c3ccc(Cl)cc3Cl)cc2)cc1C(N)=O.NC=O. The van der Waals surface area contributed by atoms with E-state index < -0.39 is 5.91 Å². The second-order valence-electron chi connectivity index (χ2n) is 5.26. The van der Waals surface area contributed by atoms with Crippen LogP contribution in [0.1, 0.15) is 10.4 Å². The summed E-state index contributed by atoms with van der Waals surface area (Å²) in [7, 11) is 1.69. The predicted molar refractivity (Wildman–Crippen MR) is 107 cm³/mol. The fourth-order valence-corrected chi connectivity index (χ4v) is 2.91. The molecule has 0 saturated heterocycles. The number of carbonyl (C=O) groups is 2. The van der Waals surface area contributed by atoms with Crippen molar-refractivity contribution in [2.45, 2.75) is 0 Å². The van der Waals surface area contributed by atoms with Crippen LogP contribution in [-0.4, -0.2) is 29.1 Å². The smallest absolute Gasteiger partial charge is 0.254 e. The molecule has 0 bridgehead atoms. The first-order valence-corrected chi connectivity index (χ1v) is 8.45. The van der Waals surface area contributed by atoms with Gasteiger partial charge in [-0.25, -0.2) is 4.68 Å². The number of aromatic nitrogens is 2. The Hall–Kier alpha value is -3.03. The summed E-state index contributed by atoms with van der Waals surface area (Å²) in [6.45, 7) is 0. The molecular formula is C18H17Cl2N5O2. The van der Waals surface area contributed by atoms with E-state index in [2.05, 4.69) is 16.1 Å². The molecule has 3 aromatic rings. The molecule has 5 N–H and O–H groups in total. The van der Waals surface area contributed by atoms with Gasteiger partial charge in [-0.3, -0.25) is 9.59 Å². The average Bonchev–Trinajstić information content (AvgIpc) is 3.07. The molecule has 0 fully saturated rings. The van der Waals surface area contributed by atoms with Gasteiger partial charge in [0.15, 0.2) is 5.82 Å². The van der Waals surface area contributed by atoms with Gasteiger partial charge >= 0.3 is 0 Å². The maximum Gasteiger partial charge on any atom is 0.254 e. The molecule has 0 atom stereocenters. The lowest BCUT2D eigenvalue weighted by Crippen LogP contribution is -2.11. The minimum Gasteiger partial charge on any atom is -0.372 e. The Morgan fingerprint density at radius 1 is 1.19 bits per heavy atom. The zero-order valence-corrected chi connectivity index (χ0v) is 15.8.